The molecule has 0 fully saturated rings. The number of aromatic nitrogens is 3. The van der Waals surface area contributed by atoms with Gasteiger partial charge in [0.2, 0.25) is 5.95 Å². The first-order chi connectivity index (χ1) is 4.34. The van der Waals surface area contributed by atoms with E-state index in [0.29, 0.717) is 5.95 Å². The average Bonchev–Trinajstić information content (AvgIpc) is 2.37. The molecule has 9 heavy (non-hydrogen) atoms. The van der Waals surface area contributed by atoms with Crippen molar-refractivity contribution in [2.45, 2.75) is 0 Å². The second-order valence-electron chi connectivity index (χ2n) is 1.46. The predicted molar refractivity (Wildman–Crippen MR) is 30.5 cm³/mol. The second kappa shape index (κ2) is 2.25. The first-order valence-corrected chi connectivity index (χ1v) is 2.31. The maximum absolute atomic E-state index is 9.92. The quantitative estimate of drug-likeness (QED) is 0.532. The lowest BCUT2D eigenvalue weighted by molar-refractivity contribution is 0.553. The largest absolute Gasteiger partial charge is 0.319 e. The Hall–Kier alpha value is -1.39. The number of nitrogens with one attached hydrogen (secondary N) is 1. The molecule has 0 saturated carbocycles. The van der Waals surface area contributed by atoms with Gasteiger partial charge in [0.25, 0.3) is 0 Å². The summed E-state index contributed by atoms with van der Waals surface area (Å²) in [5.41, 5.74) is 0. The van der Waals surface area contributed by atoms with Crippen LogP contribution in [0.15, 0.2) is 6.33 Å². The van der Waals surface area contributed by atoms with Gasteiger partial charge in [-0.2, -0.15) is 10.1 Å². The molecule has 0 bridgehead atoms. The van der Waals surface area contributed by atoms with E-state index in [4.69, 9.17) is 0 Å². The monoisotopic (exact) mass is 125 g/mol. The van der Waals surface area contributed by atoms with E-state index in [-0.39, 0.29) is 0 Å². The second-order valence-corrected chi connectivity index (χ2v) is 1.46. The van der Waals surface area contributed by atoms with Crippen molar-refractivity contribution in [3.8, 4) is 0 Å². The van der Waals surface area contributed by atoms with Gasteiger partial charge in [-0.05, 0) is 0 Å². The van der Waals surface area contributed by atoms with Gasteiger partial charge in [0, 0.05) is 7.05 Å². The van der Waals surface area contributed by atoms with Crippen molar-refractivity contribution in [1.29, 1.82) is 0 Å². The minimum absolute atomic E-state index is 0.394. The minimum atomic E-state index is 0.394. The Morgan fingerprint density at radius 1 is 1.89 bits per heavy atom. The lowest BCUT2D eigenvalue weighted by atomic mass is 10.8. The minimum Gasteiger partial charge on any atom is -0.276 e. The number of hydrogen-bond acceptors (Lipinski definition) is 3. The van der Waals surface area contributed by atoms with E-state index in [1.54, 1.807) is 6.41 Å². The molecule has 1 radical (unpaired) electrons. The van der Waals surface area contributed by atoms with Crippen LogP contribution in [-0.4, -0.2) is 28.6 Å². The number of anilines is 1. The van der Waals surface area contributed by atoms with Gasteiger partial charge in [-0.3, -0.25) is 9.69 Å². The fourth-order valence-corrected chi connectivity index (χ4v) is 0.404. The van der Waals surface area contributed by atoms with Gasteiger partial charge in [0.15, 0.2) is 0 Å². The van der Waals surface area contributed by atoms with Gasteiger partial charge in [0.05, 0.1) is 0 Å². The van der Waals surface area contributed by atoms with Crippen molar-refractivity contribution in [2.75, 3.05) is 11.9 Å². The summed E-state index contributed by atoms with van der Waals surface area (Å²) >= 11 is 0. The van der Waals surface area contributed by atoms with Crippen LogP contribution in [0, 0.1) is 0 Å². The van der Waals surface area contributed by atoms with Crippen molar-refractivity contribution in [3.05, 3.63) is 6.33 Å². The zero-order valence-corrected chi connectivity index (χ0v) is 4.83. The summed E-state index contributed by atoms with van der Waals surface area (Å²) in [7, 11) is 1.54. The van der Waals surface area contributed by atoms with E-state index >= 15 is 0 Å². The van der Waals surface area contributed by atoms with Crippen molar-refractivity contribution < 1.29 is 4.79 Å². The van der Waals surface area contributed by atoms with Gasteiger partial charge < -0.3 is 0 Å². The first kappa shape index (κ1) is 5.74. The number of amides is 1. The summed E-state index contributed by atoms with van der Waals surface area (Å²) in [6.07, 6.45) is 2.94. The molecule has 1 aromatic heterocycles. The van der Waals surface area contributed by atoms with Crippen molar-refractivity contribution in [3.63, 3.8) is 0 Å². The Balaban J connectivity index is 2.76. The summed E-state index contributed by atoms with van der Waals surface area (Å²) < 4.78 is 0. The van der Waals surface area contributed by atoms with E-state index in [9.17, 15) is 4.79 Å². The highest BCUT2D eigenvalue weighted by atomic mass is 16.1. The molecule has 0 atom stereocenters. The zero-order chi connectivity index (χ0) is 6.69. The highest BCUT2D eigenvalue weighted by molar-refractivity contribution is 5.70. The summed E-state index contributed by atoms with van der Waals surface area (Å²) in [5.74, 6) is 0.394. The first-order valence-electron chi connectivity index (χ1n) is 2.31. The third-order valence-electron chi connectivity index (χ3n) is 0.857. The molecule has 5 nitrogen and oxygen atoms in total. The van der Waals surface area contributed by atoms with E-state index in [1.807, 2.05) is 0 Å². The molecule has 0 aromatic carbocycles. The van der Waals surface area contributed by atoms with Crippen LogP contribution in [-0.2, 0) is 4.79 Å². The molecular formula is C4H5N4O. The molecule has 1 N–H and O–H groups in total. The molecule has 47 valence electrons. The van der Waals surface area contributed by atoms with E-state index in [1.165, 1.54) is 18.3 Å². The Morgan fingerprint density at radius 3 is 3.11 bits per heavy atom. The summed E-state index contributed by atoms with van der Waals surface area (Å²) in [5, 5.41) is 6.02. The van der Waals surface area contributed by atoms with Gasteiger partial charge >= 0.3 is 6.41 Å². The Kier molecular flexibility index (Phi) is 1.44. The molecule has 0 unspecified atom stereocenters. The van der Waals surface area contributed by atoms with Crippen LogP contribution in [0.5, 0.6) is 0 Å². The standard InChI is InChI=1S/C4H5N4O/c1-8(3-9)4-5-2-6-7-4/h2H,1H3,(H,5,6,7). The lowest BCUT2D eigenvalue weighted by Crippen LogP contribution is -2.14. The lowest BCUT2D eigenvalue weighted by Gasteiger charge is -2.00. The average molecular weight is 125 g/mol. The Labute approximate surface area is 51.7 Å². The fourth-order valence-electron chi connectivity index (χ4n) is 0.404. The normalized spacial score (nSPS) is 9.00. The molecule has 1 heterocycles. The molecule has 0 saturated heterocycles. The van der Waals surface area contributed by atoms with E-state index in [0.717, 1.165) is 0 Å². The zero-order valence-electron chi connectivity index (χ0n) is 4.83. The molecular weight excluding hydrogens is 120 g/mol. The fraction of sp³-hybridized carbons (Fsp3) is 0.250. The molecule has 1 amide bonds. The smallest absolute Gasteiger partial charge is 0.276 e. The molecule has 1 rings (SSSR count). The number of hydrogen-bond donors (Lipinski definition) is 1. The Morgan fingerprint density at radius 2 is 2.67 bits per heavy atom. The SMILES string of the molecule is CN([C]=O)c1ncn[nH]1. The Bertz CT molecular complexity index is 182. The summed E-state index contributed by atoms with van der Waals surface area (Å²) in [6.45, 7) is 0. The topological polar surface area (TPSA) is 61.9 Å². The molecule has 0 spiro atoms. The number of carbonyl (C=O) groups excluding carboxylic acids is 1. The third-order valence-corrected chi connectivity index (χ3v) is 0.857. The highest BCUT2D eigenvalue weighted by Crippen LogP contribution is 1.95. The van der Waals surface area contributed by atoms with Crippen LogP contribution in [0.2, 0.25) is 0 Å². The van der Waals surface area contributed by atoms with Gasteiger partial charge in [0.1, 0.15) is 6.33 Å². The van der Waals surface area contributed by atoms with E-state index in [2.05, 4.69) is 15.2 Å². The van der Waals surface area contributed by atoms with E-state index < -0.39 is 0 Å². The number of rotatable bonds is 2. The maximum Gasteiger partial charge on any atom is 0.319 e. The van der Waals surface area contributed by atoms with Gasteiger partial charge in [-0.25, -0.2) is 5.10 Å². The third kappa shape index (κ3) is 1.04. The van der Waals surface area contributed by atoms with Gasteiger partial charge in [-0.1, -0.05) is 0 Å². The van der Waals surface area contributed by atoms with Crippen LogP contribution in [0.3, 0.4) is 0 Å². The molecule has 1 aromatic rings. The van der Waals surface area contributed by atoms with Crippen molar-refractivity contribution in [2.24, 2.45) is 0 Å². The van der Waals surface area contributed by atoms with Gasteiger partial charge in [-0.15, -0.1) is 0 Å². The van der Waals surface area contributed by atoms with Crippen LogP contribution in [0.4, 0.5) is 5.95 Å². The molecule has 0 aliphatic carbocycles. The van der Waals surface area contributed by atoms with Crippen LogP contribution in [0.25, 0.3) is 0 Å². The van der Waals surface area contributed by atoms with Crippen LogP contribution >= 0.6 is 0 Å². The number of aromatic amines is 1. The van der Waals surface area contributed by atoms with Crippen LogP contribution in [0.1, 0.15) is 0 Å². The van der Waals surface area contributed by atoms with Crippen molar-refractivity contribution in [1.82, 2.24) is 15.2 Å². The molecule has 0 aliphatic rings. The van der Waals surface area contributed by atoms with Crippen LogP contribution < -0.4 is 4.90 Å². The summed E-state index contributed by atoms with van der Waals surface area (Å²) in [4.78, 5) is 14.8. The molecule has 5 heteroatoms. The maximum atomic E-state index is 9.92. The summed E-state index contributed by atoms with van der Waals surface area (Å²) in [6, 6.07) is 0. The number of nitrogens with zero attached hydrogens (tertiary/aromatic N) is 3. The molecule has 0 aliphatic heterocycles. The number of H-pyrrole nitrogens is 1. The van der Waals surface area contributed by atoms with Crippen molar-refractivity contribution >= 4 is 12.4 Å². The predicted octanol–water partition coefficient (Wildman–Crippen LogP) is -0.692. The highest BCUT2D eigenvalue weighted by Gasteiger charge is 1.99.